The van der Waals surface area contributed by atoms with Gasteiger partial charge in [0.2, 0.25) is 0 Å². The van der Waals surface area contributed by atoms with Gasteiger partial charge in [-0.2, -0.15) is 0 Å². The van der Waals surface area contributed by atoms with Crippen LogP contribution in [-0.2, 0) is 14.3 Å². The molecule has 0 amide bonds. The summed E-state index contributed by atoms with van der Waals surface area (Å²) in [5.74, 6) is -0.340. The highest BCUT2D eigenvalue weighted by atomic mass is 16.6. The molecule has 1 saturated heterocycles. The summed E-state index contributed by atoms with van der Waals surface area (Å²) in [4.78, 5) is 11.6. The van der Waals surface area contributed by atoms with E-state index in [9.17, 15) is 4.79 Å². The molecule has 0 aromatic heterocycles. The Labute approximate surface area is 109 Å². The summed E-state index contributed by atoms with van der Waals surface area (Å²) >= 11 is 0. The van der Waals surface area contributed by atoms with Gasteiger partial charge in [0, 0.05) is 6.42 Å². The summed E-state index contributed by atoms with van der Waals surface area (Å²) in [5, 5.41) is 0. The van der Waals surface area contributed by atoms with Gasteiger partial charge in [-0.1, -0.05) is 25.7 Å². The molecule has 0 spiro atoms. The first kappa shape index (κ1) is 14.7. The third-order valence-electron chi connectivity index (χ3n) is 3.02. The van der Waals surface area contributed by atoms with E-state index in [4.69, 9.17) is 9.47 Å². The lowest BCUT2D eigenvalue weighted by molar-refractivity contribution is -0.151. The van der Waals surface area contributed by atoms with Crippen molar-refractivity contribution in [2.24, 2.45) is 5.92 Å². The summed E-state index contributed by atoms with van der Waals surface area (Å²) in [5.41, 5.74) is 1.05. The molecule has 18 heavy (non-hydrogen) atoms. The smallest absolute Gasteiger partial charge is 0.309 e. The Kier molecular flexibility index (Phi) is 5.86. The lowest BCUT2D eigenvalue weighted by Crippen LogP contribution is -2.22. The number of hydrogen-bond donors (Lipinski definition) is 0. The molecule has 3 heteroatoms. The number of ether oxygens (including phenoxy) is 2. The van der Waals surface area contributed by atoms with Gasteiger partial charge in [-0.25, -0.2) is 0 Å². The first-order valence-corrected chi connectivity index (χ1v) is 6.30. The monoisotopic (exact) mass is 250 g/mol. The fourth-order valence-electron chi connectivity index (χ4n) is 1.94. The van der Waals surface area contributed by atoms with Gasteiger partial charge in [0.15, 0.2) is 0 Å². The van der Waals surface area contributed by atoms with E-state index in [-0.39, 0.29) is 24.1 Å². The number of allylic oxidation sites excluding steroid dienone is 1. The molecule has 0 radical (unpaired) electrons. The van der Waals surface area contributed by atoms with Crippen LogP contribution in [-0.4, -0.2) is 24.8 Å². The van der Waals surface area contributed by atoms with E-state index in [2.05, 4.69) is 19.7 Å². The van der Waals surface area contributed by atoms with Crippen LogP contribution in [0.15, 0.2) is 37.5 Å². The third kappa shape index (κ3) is 4.15. The van der Waals surface area contributed by atoms with E-state index in [1.54, 1.807) is 6.08 Å². The number of carbonyl (C=O) groups excluding carboxylic acids is 1. The molecule has 0 unspecified atom stereocenters. The van der Waals surface area contributed by atoms with E-state index in [1.165, 1.54) is 0 Å². The van der Waals surface area contributed by atoms with E-state index in [1.807, 2.05) is 13.0 Å². The van der Waals surface area contributed by atoms with Crippen molar-refractivity contribution in [3.63, 3.8) is 0 Å². The second kappa shape index (κ2) is 7.17. The minimum Gasteiger partial charge on any atom is -0.463 e. The van der Waals surface area contributed by atoms with Gasteiger partial charge >= 0.3 is 5.97 Å². The van der Waals surface area contributed by atoms with Gasteiger partial charge in [0.25, 0.3) is 0 Å². The Morgan fingerprint density at radius 2 is 2.28 bits per heavy atom. The highest BCUT2D eigenvalue weighted by molar-refractivity contribution is 5.72. The van der Waals surface area contributed by atoms with E-state index in [0.717, 1.165) is 18.4 Å². The largest absolute Gasteiger partial charge is 0.463 e. The molecule has 0 aliphatic carbocycles. The lowest BCUT2D eigenvalue weighted by Gasteiger charge is -2.14. The van der Waals surface area contributed by atoms with Crippen LogP contribution >= 0.6 is 0 Å². The molecule has 3 nitrogen and oxygen atoms in total. The fourth-order valence-corrected chi connectivity index (χ4v) is 1.94. The van der Waals surface area contributed by atoms with Crippen LogP contribution in [0.5, 0.6) is 0 Å². The van der Waals surface area contributed by atoms with Crippen molar-refractivity contribution >= 4 is 5.97 Å². The van der Waals surface area contributed by atoms with Crippen LogP contribution in [0.3, 0.4) is 0 Å². The maximum atomic E-state index is 11.6. The molecule has 1 fully saturated rings. The van der Waals surface area contributed by atoms with E-state index >= 15 is 0 Å². The summed E-state index contributed by atoms with van der Waals surface area (Å²) in [7, 11) is 0. The van der Waals surface area contributed by atoms with E-state index in [0.29, 0.717) is 13.0 Å². The Balaban J connectivity index is 2.32. The first-order chi connectivity index (χ1) is 8.58. The van der Waals surface area contributed by atoms with Crippen LogP contribution in [0.25, 0.3) is 0 Å². The van der Waals surface area contributed by atoms with Crippen molar-refractivity contribution in [2.75, 3.05) is 6.61 Å². The number of hydrogen-bond acceptors (Lipinski definition) is 3. The SMILES string of the molecule is C=CC[C@@H]1O[C@@H](COC(=O)[C@@H](C)CC=C)CC1=C. The minimum atomic E-state index is -0.198. The van der Waals surface area contributed by atoms with Gasteiger partial charge in [-0.3, -0.25) is 4.79 Å². The Morgan fingerprint density at radius 3 is 2.89 bits per heavy atom. The van der Waals surface area contributed by atoms with Crippen LogP contribution in [0.2, 0.25) is 0 Å². The van der Waals surface area contributed by atoms with Crippen LogP contribution < -0.4 is 0 Å². The molecular formula is C15H22O3. The molecule has 100 valence electrons. The van der Waals surface area contributed by atoms with E-state index < -0.39 is 0 Å². The first-order valence-electron chi connectivity index (χ1n) is 6.30. The predicted octanol–water partition coefficient (Wildman–Crippen LogP) is 3.03. The molecule has 1 rings (SSSR count). The molecule has 1 heterocycles. The molecule has 3 atom stereocenters. The summed E-state index contributed by atoms with van der Waals surface area (Å²) in [6.07, 6.45) is 5.64. The highest BCUT2D eigenvalue weighted by Crippen LogP contribution is 2.27. The Hall–Kier alpha value is -1.35. The number of esters is 1. The zero-order valence-electron chi connectivity index (χ0n) is 11.1. The quantitative estimate of drug-likeness (QED) is 0.514. The molecule has 1 aliphatic heterocycles. The van der Waals surface area contributed by atoms with Crippen molar-refractivity contribution in [1.29, 1.82) is 0 Å². The molecule has 0 saturated carbocycles. The average Bonchev–Trinajstić information content (AvgIpc) is 2.68. The van der Waals surface area contributed by atoms with Gasteiger partial charge < -0.3 is 9.47 Å². The number of carbonyl (C=O) groups is 1. The van der Waals surface area contributed by atoms with Crippen LogP contribution in [0.4, 0.5) is 0 Å². The summed E-state index contributed by atoms with van der Waals surface area (Å²) in [6.45, 7) is 13.4. The maximum Gasteiger partial charge on any atom is 0.309 e. The zero-order chi connectivity index (χ0) is 13.5. The normalized spacial score (nSPS) is 24.6. The fraction of sp³-hybridized carbons (Fsp3) is 0.533. The predicted molar refractivity (Wildman–Crippen MR) is 72.2 cm³/mol. The van der Waals surface area contributed by atoms with Gasteiger partial charge in [-0.05, 0) is 18.4 Å². The maximum absolute atomic E-state index is 11.6. The lowest BCUT2D eigenvalue weighted by atomic mass is 10.1. The summed E-state index contributed by atoms with van der Waals surface area (Å²) < 4.78 is 11.0. The van der Waals surface area contributed by atoms with Gasteiger partial charge in [0.05, 0.1) is 18.1 Å². The standard InChI is InChI=1S/C15H22O3/c1-5-7-11(3)15(16)17-10-13-9-12(4)14(18-13)8-6-2/h5-6,11,13-14H,1-2,4,7-10H2,3H3/t11-,13+,14-/m0/s1. The Bertz CT molecular complexity index is 333. The van der Waals surface area contributed by atoms with Crippen molar-refractivity contribution in [2.45, 2.75) is 38.4 Å². The third-order valence-corrected chi connectivity index (χ3v) is 3.02. The van der Waals surface area contributed by atoms with Gasteiger partial charge in [0.1, 0.15) is 6.61 Å². The molecule has 0 N–H and O–H groups in total. The second-order valence-corrected chi connectivity index (χ2v) is 4.69. The Morgan fingerprint density at radius 1 is 1.56 bits per heavy atom. The highest BCUT2D eigenvalue weighted by Gasteiger charge is 2.29. The zero-order valence-corrected chi connectivity index (χ0v) is 11.1. The molecule has 0 aromatic carbocycles. The minimum absolute atomic E-state index is 0.0248. The van der Waals surface area contributed by atoms with Crippen LogP contribution in [0, 0.1) is 5.92 Å². The molecule has 1 aliphatic rings. The van der Waals surface area contributed by atoms with Crippen LogP contribution in [0.1, 0.15) is 26.2 Å². The molecule has 0 aromatic rings. The molecule has 0 bridgehead atoms. The van der Waals surface area contributed by atoms with Crippen molar-refractivity contribution < 1.29 is 14.3 Å². The molecular weight excluding hydrogens is 228 g/mol. The topological polar surface area (TPSA) is 35.5 Å². The number of rotatable bonds is 7. The van der Waals surface area contributed by atoms with Gasteiger partial charge in [-0.15, -0.1) is 13.2 Å². The second-order valence-electron chi connectivity index (χ2n) is 4.69. The summed E-state index contributed by atoms with van der Waals surface area (Å²) in [6, 6.07) is 0. The van der Waals surface area contributed by atoms with Crippen molar-refractivity contribution in [3.05, 3.63) is 37.5 Å². The van der Waals surface area contributed by atoms with Crippen molar-refractivity contribution in [1.82, 2.24) is 0 Å². The van der Waals surface area contributed by atoms with Crippen molar-refractivity contribution in [3.8, 4) is 0 Å². The average molecular weight is 250 g/mol.